The summed E-state index contributed by atoms with van der Waals surface area (Å²) in [7, 11) is -4.06. The molecule has 0 atom stereocenters. The SMILES string of the molecule is Cc1ccc(S(=O)(=O)/N=C(/NC(=O)OC(C)(C)C)n2cncn2)cc1. The number of aryl methyl sites for hydroxylation is 1. The van der Waals surface area contributed by atoms with E-state index in [1.807, 2.05) is 6.92 Å². The van der Waals surface area contributed by atoms with Gasteiger partial charge in [0.2, 0.25) is 5.96 Å². The molecule has 134 valence electrons. The number of carbonyl (C=O) groups is 1. The molecule has 0 radical (unpaired) electrons. The summed E-state index contributed by atoms with van der Waals surface area (Å²) < 4.78 is 34.7. The van der Waals surface area contributed by atoms with Gasteiger partial charge >= 0.3 is 6.09 Å². The Morgan fingerprint density at radius 2 is 1.88 bits per heavy atom. The fourth-order valence-corrected chi connectivity index (χ4v) is 2.65. The van der Waals surface area contributed by atoms with Gasteiger partial charge in [-0.15, -0.1) is 4.40 Å². The number of benzene rings is 1. The minimum Gasteiger partial charge on any atom is -0.444 e. The summed E-state index contributed by atoms with van der Waals surface area (Å²) >= 11 is 0. The Bertz CT molecular complexity index is 866. The maximum atomic E-state index is 12.5. The van der Waals surface area contributed by atoms with Gasteiger partial charge in [0.1, 0.15) is 18.3 Å². The van der Waals surface area contributed by atoms with Crippen molar-refractivity contribution in [3.63, 3.8) is 0 Å². The van der Waals surface area contributed by atoms with Crippen LogP contribution in [0.5, 0.6) is 0 Å². The molecule has 0 aliphatic rings. The zero-order valence-electron chi connectivity index (χ0n) is 14.3. The lowest BCUT2D eigenvalue weighted by Crippen LogP contribution is -2.40. The fraction of sp³-hybridized carbons (Fsp3) is 0.333. The molecular formula is C15H19N5O4S. The van der Waals surface area contributed by atoms with Gasteiger partial charge in [-0.05, 0) is 39.8 Å². The smallest absolute Gasteiger partial charge is 0.414 e. The zero-order chi connectivity index (χ0) is 18.7. The van der Waals surface area contributed by atoms with E-state index in [2.05, 4.69) is 19.8 Å². The van der Waals surface area contributed by atoms with Crippen LogP contribution >= 0.6 is 0 Å². The van der Waals surface area contributed by atoms with Crippen molar-refractivity contribution >= 4 is 22.1 Å². The van der Waals surface area contributed by atoms with Gasteiger partial charge in [0.05, 0.1) is 4.90 Å². The van der Waals surface area contributed by atoms with Crippen LogP contribution in [0.4, 0.5) is 4.79 Å². The molecule has 25 heavy (non-hydrogen) atoms. The molecule has 1 amide bonds. The summed E-state index contributed by atoms with van der Waals surface area (Å²) in [6.45, 7) is 6.89. The van der Waals surface area contributed by atoms with Gasteiger partial charge in [0, 0.05) is 0 Å². The standard InChI is InChI=1S/C15H19N5O4S/c1-11-5-7-12(8-6-11)25(22,23)19-13(20-10-16-9-17-20)18-14(21)24-15(2,3)4/h5-10H,1-4H3,(H,18,19,21). The quantitative estimate of drug-likeness (QED) is 0.640. The van der Waals surface area contributed by atoms with E-state index in [-0.39, 0.29) is 10.9 Å². The highest BCUT2D eigenvalue weighted by Crippen LogP contribution is 2.13. The van der Waals surface area contributed by atoms with Gasteiger partial charge in [-0.3, -0.25) is 5.32 Å². The molecule has 2 aromatic rings. The molecule has 1 aromatic carbocycles. The van der Waals surface area contributed by atoms with E-state index in [1.54, 1.807) is 32.9 Å². The molecule has 0 saturated carbocycles. The lowest BCUT2D eigenvalue weighted by molar-refractivity contribution is 0.0561. The first-order chi connectivity index (χ1) is 11.6. The topological polar surface area (TPSA) is 116 Å². The zero-order valence-corrected chi connectivity index (χ0v) is 15.1. The molecular weight excluding hydrogens is 346 g/mol. The number of alkyl carbamates (subject to hydrolysis) is 1. The highest BCUT2D eigenvalue weighted by atomic mass is 32.2. The van der Waals surface area contributed by atoms with E-state index < -0.39 is 21.7 Å². The molecule has 0 saturated heterocycles. The Hall–Kier alpha value is -2.75. The number of amides is 1. The molecule has 9 nitrogen and oxygen atoms in total. The first-order valence-corrected chi connectivity index (χ1v) is 8.77. The summed E-state index contributed by atoms with van der Waals surface area (Å²) in [5, 5.41) is 6.08. The first kappa shape index (κ1) is 18.6. The van der Waals surface area contributed by atoms with Gasteiger partial charge in [0.25, 0.3) is 10.0 Å². The van der Waals surface area contributed by atoms with E-state index >= 15 is 0 Å². The van der Waals surface area contributed by atoms with Gasteiger partial charge in [-0.2, -0.15) is 18.2 Å². The summed E-state index contributed by atoms with van der Waals surface area (Å²) in [5.74, 6) is -0.340. The Morgan fingerprint density at radius 1 is 1.24 bits per heavy atom. The summed E-state index contributed by atoms with van der Waals surface area (Å²) in [6.07, 6.45) is 1.53. The second kappa shape index (κ2) is 7.01. The van der Waals surface area contributed by atoms with Crippen molar-refractivity contribution in [3.8, 4) is 0 Å². The fourth-order valence-electron chi connectivity index (χ4n) is 1.71. The highest BCUT2D eigenvalue weighted by Gasteiger charge is 2.21. The van der Waals surface area contributed by atoms with Crippen molar-refractivity contribution in [3.05, 3.63) is 42.5 Å². The largest absolute Gasteiger partial charge is 0.444 e. The van der Waals surface area contributed by atoms with Gasteiger partial charge < -0.3 is 4.74 Å². The molecule has 0 unspecified atom stereocenters. The number of nitrogens with one attached hydrogen (secondary N) is 1. The summed E-state index contributed by atoms with van der Waals surface area (Å²) in [4.78, 5) is 15.7. The summed E-state index contributed by atoms with van der Waals surface area (Å²) in [6, 6.07) is 6.17. The minimum absolute atomic E-state index is 0.0123. The molecule has 2 rings (SSSR count). The second-order valence-corrected chi connectivity index (χ2v) is 7.77. The maximum Gasteiger partial charge on any atom is 0.414 e. The molecule has 0 aliphatic heterocycles. The molecule has 0 bridgehead atoms. The van der Waals surface area contributed by atoms with Gasteiger partial charge in [-0.1, -0.05) is 17.7 Å². The molecule has 1 N–H and O–H groups in total. The number of ether oxygens (including phenoxy) is 1. The van der Waals surface area contributed by atoms with Crippen molar-refractivity contribution in [2.24, 2.45) is 4.40 Å². The van der Waals surface area contributed by atoms with Crippen molar-refractivity contribution in [2.45, 2.75) is 38.2 Å². The van der Waals surface area contributed by atoms with Crippen LogP contribution in [0.1, 0.15) is 26.3 Å². The minimum atomic E-state index is -4.06. The van der Waals surface area contributed by atoms with Crippen LogP contribution in [0.2, 0.25) is 0 Å². The number of nitrogens with zero attached hydrogens (tertiary/aromatic N) is 4. The van der Waals surface area contributed by atoms with E-state index in [1.165, 1.54) is 24.8 Å². The number of hydrogen-bond donors (Lipinski definition) is 1. The van der Waals surface area contributed by atoms with Gasteiger partial charge in [0.15, 0.2) is 0 Å². The molecule has 0 fully saturated rings. The molecule has 10 heteroatoms. The monoisotopic (exact) mass is 365 g/mol. The first-order valence-electron chi connectivity index (χ1n) is 7.33. The van der Waals surface area contributed by atoms with E-state index in [9.17, 15) is 13.2 Å². The van der Waals surface area contributed by atoms with Crippen LogP contribution in [0.25, 0.3) is 0 Å². The van der Waals surface area contributed by atoms with Crippen LogP contribution < -0.4 is 5.32 Å². The second-order valence-electron chi connectivity index (χ2n) is 6.17. The average molecular weight is 365 g/mol. The molecule has 0 spiro atoms. The highest BCUT2D eigenvalue weighted by molar-refractivity contribution is 7.90. The summed E-state index contributed by atoms with van der Waals surface area (Å²) in [5.41, 5.74) is 0.152. The third kappa shape index (κ3) is 5.38. The number of rotatable bonds is 2. The van der Waals surface area contributed by atoms with Gasteiger partial charge in [-0.25, -0.2) is 9.78 Å². The normalized spacial score (nSPS) is 12.7. The Labute approximate surface area is 145 Å². The van der Waals surface area contributed by atoms with Crippen LogP contribution in [0, 0.1) is 6.92 Å². The number of hydrogen-bond acceptors (Lipinski definition) is 6. The third-order valence-electron chi connectivity index (χ3n) is 2.77. The predicted octanol–water partition coefficient (Wildman–Crippen LogP) is 1.70. The van der Waals surface area contributed by atoms with Crippen LogP contribution in [0.3, 0.4) is 0 Å². The third-order valence-corrected chi connectivity index (χ3v) is 4.06. The molecule has 0 aliphatic carbocycles. The van der Waals surface area contributed by atoms with Crippen LogP contribution in [0.15, 0.2) is 46.2 Å². The lowest BCUT2D eigenvalue weighted by Gasteiger charge is -2.19. The lowest BCUT2D eigenvalue weighted by atomic mass is 10.2. The Kier molecular flexibility index (Phi) is 5.21. The van der Waals surface area contributed by atoms with E-state index in [4.69, 9.17) is 4.74 Å². The molecule has 1 aromatic heterocycles. The van der Waals surface area contributed by atoms with E-state index in [0.29, 0.717) is 0 Å². The maximum absolute atomic E-state index is 12.5. The van der Waals surface area contributed by atoms with Crippen molar-refractivity contribution in [1.82, 2.24) is 20.1 Å². The molecule has 1 heterocycles. The number of carbonyl (C=O) groups excluding carboxylic acids is 1. The van der Waals surface area contributed by atoms with Crippen molar-refractivity contribution < 1.29 is 17.9 Å². The van der Waals surface area contributed by atoms with Crippen LogP contribution in [-0.4, -0.2) is 40.8 Å². The average Bonchev–Trinajstić information content (AvgIpc) is 2.99. The van der Waals surface area contributed by atoms with Crippen molar-refractivity contribution in [2.75, 3.05) is 0 Å². The predicted molar refractivity (Wildman–Crippen MR) is 90.6 cm³/mol. The Balaban J connectivity index is 2.37. The van der Waals surface area contributed by atoms with E-state index in [0.717, 1.165) is 10.2 Å². The number of sulfonamides is 1. The Morgan fingerprint density at radius 3 is 2.40 bits per heavy atom. The number of aromatic nitrogens is 3. The van der Waals surface area contributed by atoms with Crippen molar-refractivity contribution in [1.29, 1.82) is 0 Å². The van der Waals surface area contributed by atoms with Crippen LogP contribution in [-0.2, 0) is 14.8 Å².